The van der Waals surface area contributed by atoms with Crippen molar-refractivity contribution in [2.24, 2.45) is 0 Å². The van der Waals surface area contributed by atoms with Crippen molar-refractivity contribution in [1.82, 2.24) is 19.5 Å². The Hall–Kier alpha value is -3.37. The van der Waals surface area contributed by atoms with E-state index in [0.29, 0.717) is 23.5 Å². The van der Waals surface area contributed by atoms with Crippen LogP contribution < -0.4 is 5.32 Å². The number of aliphatic hydroxyl groups is 3. The molecule has 2 unspecified atom stereocenters. The smallest absolute Gasteiger partial charge is 0.167 e. The molecule has 4 aromatic rings. The van der Waals surface area contributed by atoms with Gasteiger partial charge in [0.05, 0.1) is 12.9 Å². The second-order valence-electron chi connectivity index (χ2n) is 8.03. The molecule has 3 heterocycles. The lowest BCUT2D eigenvalue weighted by molar-refractivity contribution is -0.0511. The molecule has 9 heteroatoms. The number of aliphatic hydroxyl groups excluding tert-OH is 3. The van der Waals surface area contributed by atoms with E-state index in [-0.39, 0.29) is 5.92 Å². The molecule has 1 fully saturated rings. The summed E-state index contributed by atoms with van der Waals surface area (Å²) in [5.41, 5.74) is 3.34. The number of benzene rings is 2. The molecule has 0 amide bonds. The lowest BCUT2D eigenvalue weighted by Gasteiger charge is -2.19. The Morgan fingerprint density at radius 3 is 2.18 bits per heavy atom. The number of nitrogens with zero attached hydrogens (tertiary/aromatic N) is 4. The van der Waals surface area contributed by atoms with Crippen molar-refractivity contribution in [1.29, 1.82) is 0 Å². The molecule has 33 heavy (non-hydrogen) atoms. The van der Waals surface area contributed by atoms with Crippen molar-refractivity contribution < 1.29 is 20.1 Å². The number of anilines is 1. The molecule has 5 rings (SSSR count). The number of rotatable bonds is 7. The number of ether oxygens (including phenoxy) is 1. The first-order chi connectivity index (χ1) is 16.2. The molecule has 4 N–H and O–H groups in total. The van der Waals surface area contributed by atoms with E-state index in [2.05, 4.69) is 44.5 Å². The van der Waals surface area contributed by atoms with Gasteiger partial charge < -0.3 is 25.4 Å². The maximum Gasteiger partial charge on any atom is 0.167 e. The molecule has 0 bridgehead atoms. The third-order valence-corrected chi connectivity index (χ3v) is 6.03. The summed E-state index contributed by atoms with van der Waals surface area (Å²) < 4.78 is 7.19. The highest BCUT2D eigenvalue weighted by molar-refractivity contribution is 5.82. The molecule has 1 saturated heterocycles. The lowest BCUT2D eigenvalue weighted by atomic mass is 9.91. The van der Waals surface area contributed by atoms with Gasteiger partial charge in [-0.2, -0.15) is 0 Å². The Labute approximate surface area is 190 Å². The highest BCUT2D eigenvalue weighted by Crippen LogP contribution is 2.32. The van der Waals surface area contributed by atoms with Crippen molar-refractivity contribution in [3.63, 3.8) is 0 Å². The van der Waals surface area contributed by atoms with Crippen LogP contribution in [0.15, 0.2) is 73.3 Å². The van der Waals surface area contributed by atoms with Crippen LogP contribution in [-0.4, -0.2) is 66.3 Å². The van der Waals surface area contributed by atoms with Gasteiger partial charge in [-0.25, -0.2) is 15.0 Å². The summed E-state index contributed by atoms with van der Waals surface area (Å²) in [7, 11) is 0. The van der Waals surface area contributed by atoms with Crippen LogP contribution in [0, 0.1) is 0 Å². The zero-order valence-corrected chi connectivity index (χ0v) is 17.8. The van der Waals surface area contributed by atoms with Crippen molar-refractivity contribution >= 4 is 17.0 Å². The summed E-state index contributed by atoms with van der Waals surface area (Å²) in [6.45, 7) is 0.185. The van der Waals surface area contributed by atoms with E-state index in [0.717, 1.165) is 0 Å². The first-order valence-electron chi connectivity index (χ1n) is 10.8. The lowest BCUT2D eigenvalue weighted by Crippen LogP contribution is -2.33. The standard InChI is InChI=1S/C24H25N5O4/c30-12-18-20(31)21(32)24(33-18)29-14-28-19-22(26-13-27-23(19)29)25-11-17(15-7-3-1-4-8-15)16-9-5-2-6-10-16/h1-10,13-14,17-18,20-21,24,30-32H,11-12H2,(H,25,26,27)/t18-,20?,21?,24-/m1/s1. The van der Waals surface area contributed by atoms with Crippen molar-refractivity contribution in [3.8, 4) is 0 Å². The minimum atomic E-state index is -1.22. The third kappa shape index (κ3) is 4.07. The van der Waals surface area contributed by atoms with Gasteiger partial charge in [-0.1, -0.05) is 60.7 Å². The van der Waals surface area contributed by atoms with E-state index in [1.807, 2.05) is 36.4 Å². The minimum Gasteiger partial charge on any atom is -0.394 e. The van der Waals surface area contributed by atoms with Crippen molar-refractivity contribution in [2.45, 2.75) is 30.5 Å². The molecule has 170 valence electrons. The summed E-state index contributed by atoms with van der Waals surface area (Å²) in [6, 6.07) is 20.5. The quantitative estimate of drug-likeness (QED) is 0.337. The molecule has 0 aliphatic carbocycles. The summed E-state index contributed by atoms with van der Waals surface area (Å²) >= 11 is 0. The molecule has 9 nitrogen and oxygen atoms in total. The van der Waals surface area contributed by atoms with Crippen LogP contribution in [0.5, 0.6) is 0 Å². The van der Waals surface area contributed by atoms with Gasteiger partial charge in [-0.15, -0.1) is 0 Å². The average molecular weight is 447 g/mol. The van der Waals surface area contributed by atoms with Crippen LogP contribution in [0.4, 0.5) is 5.82 Å². The van der Waals surface area contributed by atoms with Crippen LogP contribution in [0.1, 0.15) is 23.3 Å². The zero-order valence-electron chi connectivity index (χ0n) is 17.8. The highest BCUT2D eigenvalue weighted by atomic mass is 16.6. The number of hydrogen-bond acceptors (Lipinski definition) is 8. The van der Waals surface area contributed by atoms with Crippen molar-refractivity contribution in [3.05, 3.63) is 84.4 Å². The number of nitrogens with one attached hydrogen (secondary N) is 1. The summed E-state index contributed by atoms with van der Waals surface area (Å²) in [4.78, 5) is 13.1. The van der Waals surface area contributed by atoms with Gasteiger partial charge in [0.2, 0.25) is 0 Å². The fourth-order valence-corrected chi connectivity index (χ4v) is 4.27. The molecular weight excluding hydrogens is 422 g/mol. The normalized spacial score (nSPS) is 22.8. The molecule has 0 saturated carbocycles. The predicted molar refractivity (Wildman–Crippen MR) is 122 cm³/mol. The van der Waals surface area contributed by atoms with E-state index in [1.165, 1.54) is 23.8 Å². The van der Waals surface area contributed by atoms with Crippen LogP contribution >= 0.6 is 0 Å². The van der Waals surface area contributed by atoms with Gasteiger partial charge >= 0.3 is 0 Å². The maximum absolute atomic E-state index is 10.4. The largest absolute Gasteiger partial charge is 0.394 e. The maximum atomic E-state index is 10.4. The Morgan fingerprint density at radius 2 is 1.58 bits per heavy atom. The first-order valence-corrected chi connectivity index (χ1v) is 10.8. The van der Waals surface area contributed by atoms with Gasteiger partial charge in [0.1, 0.15) is 24.6 Å². The predicted octanol–water partition coefficient (Wildman–Crippen LogP) is 1.68. The monoisotopic (exact) mass is 447 g/mol. The number of aromatic nitrogens is 4. The Balaban J connectivity index is 1.43. The van der Waals surface area contributed by atoms with E-state index >= 15 is 0 Å². The second kappa shape index (κ2) is 9.24. The minimum absolute atomic E-state index is 0.0972. The topological polar surface area (TPSA) is 126 Å². The van der Waals surface area contributed by atoms with Crippen molar-refractivity contribution in [2.75, 3.05) is 18.5 Å². The van der Waals surface area contributed by atoms with E-state index in [4.69, 9.17) is 4.74 Å². The van der Waals surface area contributed by atoms with Gasteiger partial charge in [0.25, 0.3) is 0 Å². The highest BCUT2D eigenvalue weighted by Gasteiger charge is 2.44. The first kappa shape index (κ1) is 21.5. The molecular formula is C24H25N5O4. The zero-order chi connectivity index (χ0) is 22.8. The van der Waals surface area contributed by atoms with Gasteiger partial charge in [0.15, 0.2) is 23.2 Å². The molecule has 2 aromatic heterocycles. The third-order valence-electron chi connectivity index (χ3n) is 6.03. The SMILES string of the molecule is OC[C@H]1O[C@@H](n2cnc3c(NCC(c4ccccc4)c4ccccc4)ncnc32)C(O)C1O. The summed E-state index contributed by atoms with van der Waals surface area (Å²) in [5, 5.41) is 33.3. The molecule has 2 aromatic carbocycles. The van der Waals surface area contributed by atoms with Gasteiger partial charge in [-0.3, -0.25) is 4.57 Å². The van der Waals surface area contributed by atoms with Gasteiger partial charge in [0, 0.05) is 12.5 Å². The number of fused-ring (bicyclic) bond motifs is 1. The molecule has 1 aliphatic rings. The second-order valence-corrected chi connectivity index (χ2v) is 8.03. The molecule has 0 spiro atoms. The van der Waals surface area contributed by atoms with Crippen LogP contribution in [0.25, 0.3) is 11.2 Å². The van der Waals surface area contributed by atoms with E-state index < -0.39 is 31.1 Å². The fourth-order valence-electron chi connectivity index (χ4n) is 4.27. The van der Waals surface area contributed by atoms with E-state index in [1.54, 1.807) is 4.57 Å². The van der Waals surface area contributed by atoms with E-state index in [9.17, 15) is 15.3 Å². The van der Waals surface area contributed by atoms with Crippen LogP contribution in [0.2, 0.25) is 0 Å². The van der Waals surface area contributed by atoms with Crippen LogP contribution in [-0.2, 0) is 4.74 Å². The Morgan fingerprint density at radius 1 is 0.909 bits per heavy atom. The average Bonchev–Trinajstić information content (AvgIpc) is 3.42. The summed E-state index contributed by atoms with van der Waals surface area (Å²) in [6.07, 6.45) is -1.28. The molecule has 1 aliphatic heterocycles. The summed E-state index contributed by atoms with van der Waals surface area (Å²) in [5.74, 6) is 0.655. The molecule has 4 atom stereocenters. The van der Waals surface area contributed by atoms with Gasteiger partial charge in [-0.05, 0) is 11.1 Å². The Kier molecular flexibility index (Phi) is 6.01. The number of hydrogen-bond donors (Lipinski definition) is 4. The number of imidazole rings is 1. The molecule has 0 radical (unpaired) electrons. The van der Waals surface area contributed by atoms with Crippen LogP contribution in [0.3, 0.4) is 0 Å². The Bertz CT molecular complexity index is 1160. The fraction of sp³-hybridized carbons (Fsp3) is 0.292.